The fourth-order valence-corrected chi connectivity index (χ4v) is 3.03. The highest BCUT2D eigenvalue weighted by Crippen LogP contribution is 2.37. The molecular weight excluding hydrogens is 252 g/mol. The molecule has 2 aromatic rings. The lowest BCUT2D eigenvalue weighted by Crippen LogP contribution is -2.18. The summed E-state index contributed by atoms with van der Waals surface area (Å²) in [7, 11) is 0. The summed E-state index contributed by atoms with van der Waals surface area (Å²) in [6.07, 6.45) is 11.2. The Labute approximate surface area is 117 Å². The van der Waals surface area contributed by atoms with Gasteiger partial charge in [0.25, 0.3) is 5.56 Å². The quantitative estimate of drug-likeness (QED) is 0.851. The van der Waals surface area contributed by atoms with Gasteiger partial charge < -0.3 is 9.55 Å². The first-order valence-corrected chi connectivity index (χ1v) is 7.47. The second kappa shape index (κ2) is 4.58. The summed E-state index contributed by atoms with van der Waals surface area (Å²) in [6.45, 7) is 0. The van der Waals surface area contributed by atoms with Crippen LogP contribution >= 0.6 is 0 Å². The van der Waals surface area contributed by atoms with Crippen LogP contribution in [0, 0.1) is 0 Å². The average Bonchev–Trinajstić information content (AvgIpc) is 3.22. The van der Waals surface area contributed by atoms with Gasteiger partial charge in [0.2, 0.25) is 0 Å². The first-order chi connectivity index (χ1) is 9.83. The molecule has 0 aromatic carbocycles. The summed E-state index contributed by atoms with van der Waals surface area (Å²) in [6, 6.07) is 0.539. The fraction of sp³-hybridized carbons (Fsp3) is 0.533. The van der Waals surface area contributed by atoms with Gasteiger partial charge in [-0.15, -0.1) is 0 Å². The molecule has 0 amide bonds. The highest BCUT2D eigenvalue weighted by Gasteiger charge is 2.26. The van der Waals surface area contributed by atoms with Gasteiger partial charge in [-0.3, -0.25) is 4.79 Å². The van der Waals surface area contributed by atoms with E-state index in [1.807, 2.05) is 6.33 Å². The molecule has 5 heteroatoms. The highest BCUT2D eigenvalue weighted by atomic mass is 16.1. The Morgan fingerprint density at radius 3 is 2.90 bits per heavy atom. The van der Waals surface area contributed by atoms with Crippen molar-refractivity contribution in [2.75, 3.05) is 0 Å². The number of aryl methyl sites for hydroxylation is 1. The SMILES string of the molecule is O=c1[nH]c(-c2cncn2C2CC2)nc2c1CCCCC2. The second-order valence-electron chi connectivity index (χ2n) is 5.82. The second-order valence-corrected chi connectivity index (χ2v) is 5.82. The third-order valence-electron chi connectivity index (χ3n) is 4.29. The summed E-state index contributed by atoms with van der Waals surface area (Å²) >= 11 is 0. The zero-order valence-corrected chi connectivity index (χ0v) is 11.4. The van der Waals surface area contributed by atoms with Crippen molar-refractivity contribution in [2.24, 2.45) is 0 Å². The van der Waals surface area contributed by atoms with Gasteiger partial charge in [-0.2, -0.15) is 0 Å². The van der Waals surface area contributed by atoms with Crippen LogP contribution in [0.15, 0.2) is 17.3 Å². The van der Waals surface area contributed by atoms with E-state index in [4.69, 9.17) is 4.98 Å². The van der Waals surface area contributed by atoms with Crippen LogP contribution in [-0.2, 0) is 12.8 Å². The van der Waals surface area contributed by atoms with E-state index in [9.17, 15) is 4.79 Å². The minimum Gasteiger partial charge on any atom is -0.325 e. The van der Waals surface area contributed by atoms with Crippen molar-refractivity contribution in [3.05, 3.63) is 34.1 Å². The Morgan fingerprint density at radius 2 is 2.05 bits per heavy atom. The molecular formula is C15H18N4O. The number of aromatic nitrogens is 4. The molecule has 0 unspecified atom stereocenters. The summed E-state index contributed by atoms with van der Waals surface area (Å²) < 4.78 is 2.14. The number of hydrogen-bond donors (Lipinski definition) is 1. The Morgan fingerprint density at radius 1 is 1.20 bits per heavy atom. The Balaban J connectivity index is 1.82. The minimum absolute atomic E-state index is 0.0375. The van der Waals surface area contributed by atoms with Gasteiger partial charge in [0.15, 0.2) is 5.82 Å². The van der Waals surface area contributed by atoms with E-state index < -0.39 is 0 Å². The van der Waals surface area contributed by atoms with Gasteiger partial charge in [0, 0.05) is 11.6 Å². The van der Waals surface area contributed by atoms with E-state index in [2.05, 4.69) is 14.5 Å². The summed E-state index contributed by atoms with van der Waals surface area (Å²) in [5.41, 5.74) is 2.86. The monoisotopic (exact) mass is 270 g/mol. The van der Waals surface area contributed by atoms with Crippen molar-refractivity contribution >= 4 is 0 Å². The Bertz CT molecular complexity index is 696. The Kier molecular flexibility index (Phi) is 2.72. The maximum atomic E-state index is 12.3. The van der Waals surface area contributed by atoms with E-state index in [1.54, 1.807) is 6.20 Å². The van der Waals surface area contributed by atoms with Crippen LogP contribution in [0.2, 0.25) is 0 Å². The predicted molar refractivity (Wildman–Crippen MR) is 75.6 cm³/mol. The van der Waals surface area contributed by atoms with Crippen molar-refractivity contribution in [3.63, 3.8) is 0 Å². The molecule has 0 atom stereocenters. The normalized spacial score (nSPS) is 18.6. The van der Waals surface area contributed by atoms with E-state index >= 15 is 0 Å². The summed E-state index contributed by atoms with van der Waals surface area (Å²) in [5.74, 6) is 0.681. The molecule has 0 aliphatic heterocycles. The van der Waals surface area contributed by atoms with Crippen LogP contribution in [-0.4, -0.2) is 19.5 Å². The zero-order chi connectivity index (χ0) is 13.5. The van der Waals surface area contributed by atoms with Crippen LogP contribution < -0.4 is 5.56 Å². The van der Waals surface area contributed by atoms with Gasteiger partial charge in [0.1, 0.15) is 5.69 Å². The largest absolute Gasteiger partial charge is 0.325 e. The van der Waals surface area contributed by atoms with Crippen molar-refractivity contribution in [1.82, 2.24) is 19.5 Å². The van der Waals surface area contributed by atoms with Crippen LogP contribution in [0.25, 0.3) is 11.5 Å². The molecule has 5 nitrogen and oxygen atoms in total. The van der Waals surface area contributed by atoms with Gasteiger partial charge in [0.05, 0.1) is 18.2 Å². The number of aromatic amines is 1. The number of fused-ring (bicyclic) bond motifs is 1. The van der Waals surface area contributed by atoms with Crippen LogP contribution in [0.3, 0.4) is 0 Å². The lowest BCUT2D eigenvalue weighted by Gasteiger charge is -2.09. The standard InChI is InChI=1S/C15H18N4O/c20-15-11-4-2-1-3-5-12(11)17-14(18-15)13-8-16-9-19(13)10-6-7-10/h8-10H,1-7H2,(H,17,18,20). The highest BCUT2D eigenvalue weighted by molar-refractivity contribution is 5.49. The third-order valence-corrected chi connectivity index (χ3v) is 4.29. The molecule has 104 valence electrons. The molecule has 2 aromatic heterocycles. The van der Waals surface area contributed by atoms with Crippen molar-refractivity contribution in [3.8, 4) is 11.5 Å². The van der Waals surface area contributed by atoms with E-state index in [0.717, 1.165) is 42.6 Å². The molecule has 0 spiro atoms. The molecule has 20 heavy (non-hydrogen) atoms. The molecule has 2 heterocycles. The number of H-pyrrole nitrogens is 1. The van der Waals surface area contributed by atoms with Crippen molar-refractivity contribution in [2.45, 2.75) is 51.0 Å². The first-order valence-electron chi connectivity index (χ1n) is 7.47. The maximum Gasteiger partial charge on any atom is 0.254 e. The molecule has 0 bridgehead atoms. The smallest absolute Gasteiger partial charge is 0.254 e. The van der Waals surface area contributed by atoms with Crippen LogP contribution in [0.1, 0.15) is 49.4 Å². The average molecular weight is 270 g/mol. The number of rotatable bonds is 2. The first kappa shape index (κ1) is 11.9. The van der Waals surface area contributed by atoms with Crippen molar-refractivity contribution in [1.29, 1.82) is 0 Å². The maximum absolute atomic E-state index is 12.3. The van der Waals surface area contributed by atoms with Crippen molar-refractivity contribution < 1.29 is 0 Å². The number of nitrogens with one attached hydrogen (secondary N) is 1. The molecule has 1 fully saturated rings. The molecule has 4 rings (SSSR count). The summed E-state index contributed by atoms with van der Waals surface area (Å²) in [5, 5.41) is 0. The van der Waals surface area contributed by atoms with Crippen LogP contribution in [0.5, 0.6) is 0 Å². The van der Waals surface area contributed by atoms with Gasteiger partial charge in [-0.1, -0.05) is 6.42 Å². The summed E-state index contributed by atoms with van der Waals surface area (Å²) in [4.78, 5) is 24.2. The molecule has 0 radical (unpaired) electrons. The topological polar surface area (TPSA) is 63.6 Å². The van der Waals surface area contributed by atoms with E-state index in [0.29, 0.717) is 11.9 Å². The predicted octanol–water partition coefficient (Wildman–Crippen LogP) is 2.24. The third kappa shape index (κ3) is 1.97. The Hall–Kier alpha value is -1.91. The van der Waals surface area contributed by atoms with Gasteiger partial charge in [-0.25, -0.2) is 9.97 Å². The molecule has 2 aliphatic carbocycles. The molecule has 1 N–H and O–H groups in total. The van der Waals surface area contributed by atoms with Gasteiger partial charge >= 0.3 is 0 Å². The lowest BCUT2D eigenvalue weighted by molar-refractivity contribution is 0.708. The molecule has 0 saturated heterocycles. The number of nitrogens with zero attached hydrogens (tertiary/aromatic N) is 3. The fourth-order valence-electron chi connectivity index (χ4n) is 3.03. The lowest BCUT2D eigenvalue weighted by atomic mass is 10.1. The van der Waals surface area contributed by atoms with E-state index in [1.165, 1.54) is 19.3 Å². The minimum atomic E-state index is 0.0375. The molecule has 1 saturated carbocycles. The molecule has 2 aliphatic rings. The van der Waals surface area contributed by atoms with Crippen LogP contribution in [0.4, 0.5) is 0 Å². The van der Waals surface area contributed by atoms with E-state index in [-0.39, 0.29) is 5.56 Å². The van der Waals surface area contributed by atoms with Gasteiger partial charge in [-0.05, 0) is 38.5 Å². The zero-order valence-electron chi connectivity index (χ0n) is 11.4. The number of imidazole rings is 1. The number of hydrogen-bond acceptors (Lipinski definition) is 3.